The van der Waals surface area contributed by atoms with Crippen LogP contribution in [0.4, 0.5) is 14.9 Å². The number of halogens is 1. The normalized spacial score (nSPS) is 16.4. The van der Waals surface area contributed by atoms with Gasteiger partial charge < -0.3 is 20.7 Å². The summed E-state index contributed by atoms with van der Waals surface area (Å²) in [4.78, 5) is 12.2. The molecule has 1 aliphatic heterocycles. The average Bonchev–Trinajstić information content (AvgIpc) is 2.64. The molecule has 2 aromatic rings. The topological polar surface area (TPSA) is 99.3 Å². The van der Waals surface area contributed by atoms with Crippen molar-refractivity contribution in [3.63, 3.8) is 0 Å². The number of nitrogens with zero attached hydrogens (tertiary/aromatic N) is 2. The van der Waals surface area contributed by atoms with E-state index in [1.54, 1.807) is 11.1 Å². The third kappa shape index (κ3) is 5.40. The number of phenolic OH excluding ortho intramolecular Hbond substituents is 1. The number of rotatable bonds is 6. The number of hydrazine groups is 1. The van der Waals surface area contributed by atoms with Crippen LogP contribution in [0.15, 0.2) is 42.5 Å². The van der Waals surface area contributed by atoms with Crippen LogP contribution >= 0.6 is 0 Å². The number of aliphatic hydroxyl groups is 1. The second-order valence-corrected chi connectivity index (χ2v) is 8.17. The number of piperidine rings is 1. The number of benzene rings is 2. The number of carbonyl (C=O) groups excluding carboxylic acids is 1. The number of amides is 2. The first kappa shape index (κ1) is 21.9. The molecule has 2 aromatic carbocycles. The molecule has 0 aliphatic carbocycles. The van der Waals surface area contributed by atoms with E-state index in [9.17, 15) is 19.4 Å². The molecule has 0 saturated carbocycles. The Balaban J connectivity index is 1.80. The number of aromatic hydroxyl groups is 1. The van der Waals surface area contributed by atoms with Crippen molar-refractivity contribution in [1.29, 1.82) is 0 Å². The second-order valence-electron chi connectivity index (χ2n) is 8.17. The quantitative estimate of drug-likeness (QED) is 0.660. The van der Waals surface area contributed by atoms with E-state index in [1.807, 2.05) is 0 Å². The summed E-state index contributed by atoms with van der Waals surface area (Å²) in [6, 6.07) is 9.13. The van der Waals surface area contributed by atoms with Gasteiger partial charge in [0.05, 0.1) is 11.3 Å². The van der Waals surface area contributed by atoms with Gasteiger partial charge in [-0.25, -0.2) is 19.2 Å². The maximum absolute atomic E-state index is 13.1. The lowest BCUT2D eigenvalue weighted by atomic mass is 9.84. The lowest BCUT2D eigenvalue weighted by Crippen LogP contribution is -2.55. The average molecular weight is 417 g/mol. The maximum atomic E-state index is 13.1. The lowest BCUT2D eigenvalue weighted by Gasteiger charge is -2.43. The van der Waals surface area contributed by atoms with Crippen molar-refractivity contribution in [2.75, 3.05) is 18.1 Å². The molecule has 7 nitrogen and oxygen atoms in total. The fourth-order valence-electron chi connectivity index (χ4n) is 3.89. The van der Waals surface area contributed by atoms with Crippen LogP contribution in [0.1, 0.15) is 33.1 Å². The Morgan fingerprint density at radius 1 is 1.20 bits per heavy atom. The largest absolute Gasteiger partial charge is 0.508 e. The van der Waals surface area contributed by atoms with Crippen molar-refractivity contribution in [2.24, 2.45) is 11.7 Å². The molecule has 1 fully saturated rings. The molecule has 30 heavy (non-hydrogen) atoms. The van der Waals surface area contributed by atoms with Gasteiger partial charge in [-0.15, -0.1) is 0 Å². The molecule has 1 saturated heterocycles. The third-order valence-corrected chi connectivity index (χ3v) is 5.12. The Hall–Kier alpha value is -2.84. The summed E-state index contributed by atoms with van der Waals surface area (Å²) in [5, 5.41) is 24.0. The summed E-state index contributed by atoms with van der Waals surface area (Å²) in [5.41, 5.74) is 5.22. The first-order chi connectivity index (χ1) is 14.1. The molecular formula is C22H28FN3O4. The number of nitrogens with two attached hydrogens (primary N) is 1. The van der Waals surface area contributed by atoms with Gasteiger partial charge in [-0.3, -0.25) is 0 Å². The summed E-state index contributed by atoms with van der Waals surface area (Å²) in [7, 11) is 0. The summed E-state index contributed by atoms with van der Waals surface area (Å²) in [5.74, 6) is 0.531. The monoisotopic (exact) mass is 417 g/mol. The van der Waals surface area contributed by atoms with E-state index < -0.39 is 11.6 Å². The predicted octanol–water partition coefficient (Wildman–Crippen LogP) is 4.00. The minimum absolute atomic E-state index is 0.107. The van der Waals surface area contributed by atoms with Crippen LogP contribution in [0.5, 0.6) is 17.2 Å². The Morgan fingerprint density at radius 2 is 1.83 bits per heavy atom. The summed E-state index contributed by atoms with van der Waals surface area (Å²) >= 11 is 0. The van der Waals surface area contributed by atoms with Gasteiger partial charge in [-0.05, 0) is 49.4 Å². The molecule has 162 valence electrons. The molecule has 1 heterocycles. The highest BCUT2D eigenvalue weighted by Crippen LogP contribution is 2.34. The van der Waals surface area contributed by atoms with E-state index in [0.29, 0.717) is 49.7 Å². The Morgan fingerprint density at radius 3 is 2.40 bits per heavy atom. The van der Waals surface area contributed by atoms with Gasteiger partial charge in [0.2, 0.25) is 0 Å². The first-order valence-corrected chi connectivity index (χ1v) is 9.99. The minimum atomic E-state index is -0.760. The highest BCUT2D eigenvalue weighted by molar-refractivity contribution is 5.90. The maximum Gasteiger partial charge on any atom is 0.334 e. The molecule has 3 rings (SSSR count). The highest BCUT2D eigenvalue weighted by Gasteiger charge is 2.36. The van der Waals surface area contributed by atoms with E-state index >= 15 is 0 Å². The Labute approximate surface area is 175 Å². The standard InChI is InChI=1S/C22H28FN3O4/c1-15(2)14-22(29)7-9-25(10-8-22)26(21(24)28)17-11-18(27)13-20(12-17)30-19-5-3-16(23)4-6-19/h3-6,11-13,15,27,29H,7-10,14H2,1-2H3,(H2,24,28). The van der Waals surface area contributed by atoms with Gasteiger partial charge >= 0.3 is 6.03 Å². The van der Waals surface area contributed by atoms with Crippen molar-refractivity contribution in [3.8, 4) is 17.2 Å². The number of urea groups is 1. The van der Waals surface area contributed by atoms with Crippen LogP contribution in [0, 0.1) is 11.7 Å². The summed E-state index contributed by atoms with van der Waals surface area (Å²) in [6.07, 6.45) is 1.71. The molecule has 0 unspecified atom stereocenters. The molecule has 1 aliphatic rings. The number of anilines is 1. The molecule has 0 radical (unpaired) electrons. The number of phenols is 1. The molecule has 0 spiro atoms. The predicted molar refractivity (Wildman–Crippen MR) is 112 cm³/mol. The number of ether oxygens (including phenoxy) is 1. The van der Waals surface area contributed by atoms with Gasteiger partial charge in [0.25, 0.3) is 0 Å². The zero-order valence-electron chi connectivity index (χ0n) is 17.2. The molecule has 2 amide bonds. The Kier molecular flexibility index (Phi) is 6.48. The van der Waals surface area contributed by atoms with Crippen LogP contribution in [-0.4, -0.2) is 39.9 Å². The van der Waals surface area contributed by atoms with Crippen LogP contribution in [-0.2, 0) is 0 Å². The van der Waals surface area contributed by atoms with Crippen molar-refractivity contribution >= 4 is 11.7 Å². The van der Waals surface area contributed by atoms with Crippen LogP contribution in [0.25, 0.3) is 0 Å². The van der Waals surface area contributed by atoms with Crippen LogP contribution in [0.3, 0.4) is 0 Å². The number of hydrogen-bond acceptors (Lipinski definition) is 5. The van der Waals surface area contributed by atoms with E-state index in [0.717, 1.165) is 0 Å². The van der Waals surface area contributed by atoms with Crippen molar-refractivity contribution in [1.82, 2.24) is 5.01 Å². The summed E-state index contributed by atoms with van der Waals surface area (Å²) < 4.78 is 18.8. The first-order valence-electron chi connectivity index (χ1n) is 9.99. The van der Waals surface area contributed by atoms with Crippen LogP contribution < -0.4 is 15.5 Å². The zero-order valence-corrected chi connectivity index (χ0v) is 17.2. The lowest BCUT2D eigenvalue weighted by molar-refractivity contribution is -0.0364. The van der Waals surface area contributed by atoms with E-state index in [2.05, 4.69) is 13.8 Å². The van der Waals surface area contributed by atoms with E-state index in [1.165, 1.54) is 41.4 Å². The van der Waals surface area contributed by atoms with E-state index in [4.69, 9.17) is 10.5 Å². The van der Waals surface area contributed by atoms with Gasteiger partial charge in [0, 0.05) is 31.3 Å². The number of hydrogen-bond donors (Lipinski definition) is 3. The summed E-state index contributed by atoms with van der Waals surface area (Å²) in [6.45, 7) is 5.01. The molecule has 4 N–H and O–H groups in total. The zero-order chi connectivity index (χ0) is 21.9. The van der Waals surface area contributed by atoms with Crippen molar-refractivity contribution in [2.45, 2.75) is 38.7 Å². The van der Waals surface area contributed by atoms with Gasteiger partial charge in [0.1, 0.15) is 23.1 Å². The molecule has 0 atom stereocenters. The second kappa shape index (κ2) is 8.89. The van der Waals surface area contributed by atoms with Gasteiger partial charge in [-0.2, -0.15) is 0 Å². The van der Waals surface area contributed by atoms with Crippen molar-refractivity contribution < 1.29 is 24.1 Å². The third-order valence-electron chi connectivity index (χ3n) is 5.12. The van der Waals surface area contributed by atoms with Gasteiger partial charge in [-0.1, -0.05) is 13.8 Å². The number of primary amides is 1. The SMILES string of the molecule is CC(C)CC1(O)CCN(N(C(N)=O)c2cc(O)cc(Oc3ccc(F)cc3)c2)CC1. The van der Waals surface area contributed by atoms with Gasteiger partial charge in [0.15, 0.2) is 0 Å². The fourth-order valence-corrected chi connectivity index (χ4v) is 3.89. The van der Waals surface area contributed by atoms with Crippen molar-refractivity contribution in [3.05, 3.63) is 48.3 Å². The fraction of sp³-hybridized carbons (Fsp3) is 0.409. The van der Waals surface area contributed by atoms with E-state index in [-0.39, 0.29) is 17.3 Å². The minimum Gasteiger partial charge on any atom is -0.508 e. The molecule has 0 bridgehead atoms. The molecular weight excluding hydrogens is 389 g/mol. The molecule has 8 heteroatoms. The Bertz CT molecular complexity index is 880. The van der Waals surface area contributed by atoms with Crippen LogP contribution in [0.2, 0.25) is 0 Å². The number of carbonyl (C=O) groups is 1. The smallest absolute Gasteiger partial charge is 0.334 e. The highest BCUT2D eigenvalue weighted by atomic mass is 19.1. The molecule has 0 aromatic heterocycles.